The van der Waals surface area contributed by atoms with Gasteiger partial charge in [-0.2, -0.15) is 13.2 Å². The molecule has 0 aliphatic rings. The average Bonchev–Trinajstić information content (AvgIpc) is 3.12. The number of nitrogens with one attached hydrogen (secondary N) is 1. The number of aromatic nitrogens is 2. The summed E-state index contributed by atoms with van der Waals surface area (Å²) in [7, 11) is 0. The molecule has 4 aromatic rings. The molecule has 10 heteroatoms. The summed E-state index contributed by atoms with van der Waals surface area (Å²) in [6.07, 6.45) is -3.82. The number of fused-ring (bicyclic) bond motifs is 1. The number of carboxylic acid groups (broad SMARTS) is 1. The Morgan fingerprint density at radius 1 is 1.06 bits per heavy atom. The molecule has 4 rings (SSSR count). The molecule has 0 aliphatic carbocycles. The molecule has 36 heavy (non-hydrogen) atoms. The average molecular weight is 497 g/mol. The minimum absolute atomic E-state index is 0.0403. The number of carbonyl (C=O) groups excluding carboxylic acids is 1. The van der Waals surface area contributed by atoms with Crippen molar-refractivity contribution in [2.24, 2.45) is 0 Å². The summed E-state index contributed by atoms with van der Waals surface area (Å²) in [6.45, 7) is 5.03. The molecule has 2 aromatic heterocycles. The first kappa shape index (κ1) is 24.8. The number of halogens is 3. The maximum atomic E-state index is 12.9. The zero-order valence-electron chi connectivity index (χ0n) is 19.6. The van der Waals surface area contributed by atoms with Crippen LogP contribution in [-0.2, 0) is 11.0 Å². The highest BCUT2D eigenvalue weighted by molar-refractivity contribution is 6.12. The molecule has 0 aliphatic heterocycles. The highest BCUT2D eigenvalue weighted by atomic mass is 19.4. The fourth-order valence-electron chi connectivity index (χ4n) is 3.90. The fourth-order valence-corrected chi connectivity index (χ4v) is 3.90. The van der Waals surface area contributed by atoms with Gasteiger partial charge in [-0.25, -0.2) is 4.79 Å². The lowest BCUT2D eigenvalue weighted by Crippen LogP contribution is -2.13. The lowest BCUT2D eigenvalue weighted by Gasteiger charge is -2.12. The van der Waals surface area contributed by atoms with Crippen LogP contribution in [0.15, 0.2) is 60.8 Å². The van der Waals surface area contributed by atoms with Gasteiger partial charge in [-0.3, -0.25) is 9.78 Å². The predicted molar refractivity (Wildman–Crippen MR) is 129 cm³/mol. The maximum Gasteiger partial charge on any atom is 0.417 e. The predicted octanol–water partition coefficient (Wildman–Crippen LogP) is 6.16. The highest BCUT2D eigenvalue weighted by Gasteiger charge is 2.31. The van der Waals surface area contributed by atoms with Gasteiger partial charge in [0.05, 0.1) is 28.6 Å². The Hall–Kier alpha value is -4.34. The van der Waals surface area contributed by atoms with Crippen molar-refractivity contribution in [2.45, 2.75) is 33.1 Å². The van der Waals surface area contributed by atoms with Crippen molar-refractivity contribution in [1.82, 2.24) is 9.55 Å². The minimum Gasteiger partial charge on any atom is -0.491 e. The van der Waals surface area contributed by atoms with Crippen LogP contribution >= 0.6 is 0 Å². The number of rotatable bonds is 6. The molecular weight excluding hydrogens is 475 g/mol. The number of aromatic carboxylic acids is 1. The van der Waals surface area contributed by atoms with Crippen molar-refractivity contribution in [1.29, 1.82) is 0 Å². The number of amides is 1. The van der Waals surface area contributed by atoms with E-state index < -0.39 is 23.6 Å². The van der Waals surface area contributed by atoms with Crippen LogP contribution in [0.4, 0.5) is 18.9 Å². The Balaban J connectivity index is 1.91. The van der Waals surface area contributed by atoms with Crippen molar-refractivity contribution in [3.63, 3.8) is 0 Å². The molecule has 1 amide bonds. The van der Waals surface area contributed by atoms with Crippen molar-refractivity contribution in [3.8, 4) is 22.7 Å². The minimum atomic E-state index is -4.52. The first-order valence-corrected chi connectivity index (χ1v) is 11.0. The van der Waals surface area contributed by atoms with Crippen LogP contribution in [0.2, 0.25) is 0 Å². The number of benzene rings is 2. The Bertz CT molecular complexity index is 1440. The maximum absolute atomic E-state index is 12.9. The first-order valence-electron chi connectivity index (χ1n) is 11.0. The fraction of sp³-hybridized carbons (Fsp3) is 0.192. The molecule has 0 saturated carbocycles. The van der Waals surface area contributed by atoms with Crippen LogP contribution < -0.4 is 10.1 Å². The van der Waals surface area contributed by atoms with Gasteiger partial charge in [-0.1, -0.05) is 6.07 Å². The van der Waals surface area contributed by atoms with Gasteiger partial charge in [0.2, 0.25) is 5.91 Å². The summed E-state index contributed by atoms with van der Waals surface area (Å²) in [4.78, 5) is 28.2. The number of alkyl halides is 3. The number of nitrogens with zero attached hydrogens (tertiary/aromatic N) is 2. The van der Waals surface area contributed by atoms with E-state index in [1.165, 1.54) is 17.6 Å². The first-order chi connectivity index (χ1) is 17.0. The van der Waals surface area contributed by atoms with E-state index in [-0.39, 0.29) is 23.2 Å². The Kier molecular flexibility index (Phi) is 6.45. The van der Waals surface area contributed by atoms with Crippen molar-refractivity contribution in [3.05, 3.63) is 72.1 Å². The van der Waals surface area contributed by atoms with Crippen molar-refractivity contribution in [2.75, 3.05) is 5.32 Å². The molecule has 2 heterocycles. The molecule has 0 saturated heterocycles. The van der Waals surface area contributed by atoms with E-state index in [4.69, 9.17) is 4.74 Å². The van der Waals surface area contributed by atoms with Gasteiger partial charge in [0.15, 0.2) is 5.69 Å². The SMILES string of the molecule is CC(=O)Nc1c(C(=O)O)n(-c2ccc(OC(C)C)cc2)c2ccc(-c3ccc(C(F)(F)F)cn3)cc12. The molecule has 0 spiro atoms. The van der Waals surface area contributed by atoms with Crippen LogP contribution in [0.1, 0.15) is 36.8 Å². The molecule has 7 nitrogen and oxygen atoms in total. The van der Waals surface area contributed by atoms with E-state index in [1.54, 1.807) is 42.5 Å². The summed E-state index contributed by atoms with van der Waals surface area (Å²) in [5, 5.41) is 13.1. The van der Waals surface area contributed by atoms with Crippen LogP contribution in [0.25, 0.3) is 27.8 Å². The third-order valence-electron chi connectivity index (χ3n) is 5.32. The number of hydrogen-bond acceptors (Lipinski definition) is 4. The summed E-state index contributed by atoms with van der Waals surface area (Å²) in [5.74, 6) is -1.14. The quantitative estimate of drug-likeness (QED) is 0.333. The molecule has 0 fully saturated rings. The van der Waals surface area contributed by atoms with Gasteiger partial charge >= 0.3 is 12.1 Å². The van der Waals surface area contributed by atoms with Gasteiger partial charge in [0.1, 0.15) is 5.75 Å². The summed E-state index contributed by atoms with van der Waals surface area (Å²) >= 11 is 0. The number of pyridine rings is 1. The van der Waals surface area contributed by atoms with Gasteiger partial charge in [-0.15, -0.1) is 0 Å². The normalized spacial score (nSPS) is 11.6. The zero-order chi connectivity index (χ0) is 26.2. The molecule has 2 aromatic carbocycles. The molecule has 2 N–H and O–H groups in total. The van der Waals surface area contributed by atoms with E-state index in [9.17, 15) is 27.9 Å². The van der Waals surface area contributed by atoms with Crippen LogP contribution in [0.5, 0.6) is 5.75 Å². The molecule has 0 bridgehead atoms. The molecular formula is C26H22F3N3O4. The summed E-state index contributed by atoms with van der Waals surface area (Å²) < 4.78 is 45.9. The highest BCUT2D eigenvalue weighted by Crippen LogP contribution is 2.37. The Morgan fingerprint density at radius 2 is 1.75 bits per heavy atom. The number of hydrogen-bond donors (Lipinski definition) is 2. The Morgan fingerprint density at radius 3 is 2.28 bits per heavy atom. The van der Waals surface area contributed by atoms with Gasteiger partial charge in [0, 0.05) is 29.8 Å². The summed E-state index contributed by atoms with van der Waals surface area (Å²) in [5.41, 5.74) is 0.734. The number of carboxylic acids is 1. The summed E-state index contributed by atoms with van der Waals surface area (Å²) in [6, 6.07) is 13.9. The van der Waals surface area contributed by atoms with E-state index in [0.717, 1.165) is 12.3 Å². The standard InChI is InChI=1S/C26H22F3N3O4/c1-14(2)36-19-8-6-18(7-9-19)32-22-11-4-16(21-10-5-17(13-30-21)26(27,28)29)12-20(22)23(31-15(3)33)24(32)25(34)35/h4-14H,1-3H3,(H,31,33)(H,34,35). The molecule has 0 radical (unpaired) electrons. The zero-order valence-corrected chi connectivity index (χ0v) is 19.6. The van der Waals surface area contributed by atoms with Gasteiger partial charge < -0.3 is 19.7 Å². The van der Waals surface area contributed by atoms with E-state index in [0.29, 0.717) is 27.9 Å². The topological polar surface area (TPSA) is 93.5 Å². The van der Waals surface area contributed by atoms with Crippen molar-refractivity contribution < 1.29 is 32.6 Å². The van der Waals surface area contributed by atoms with Crippen LogP contribution in [0, 0.1) is 0 Å². The number of anilines is 1. The number of ether oxygens (including phenoxy) is 1. The Labute approximate surface area is 204 Å². The second kappa shape index (κ2) is 9.37. The van der Waals surface area contributed by atoms with Gasteiger partial charge in [-0.05, 0) is 62.4 Å². The molecule has 0 unspecified atom stereocenters. The smallest absolute Gasteiger partial charge is 0.417 e. The third kappa shape index (κ3) is 4.88. The van der Waals surface area contributed by atoms with Gasteiger partial charge in [0.25, 0.3) is 0 Å². The second-order valence-electron chi connectivity index (χ2n) is 8.37. The van der Waals surface area contributed by atoms with E-state index in [2.05, 4.69) is 10.3 Å². The third-order valence-corrected chi connectivity index (χ3v) is 5.32. The van der Waals surface area contributed by atoms with E-state index >= 15 is 0 Å². The second-order valence-corrected chi connectivity index (χ2v) is 8.37. The van der Waals surface area contributed by atoms with Crippen LogP contribution in [-0.4, -0.2) is 32.6 Å². The lowest BCUT2D eigenvalue weighted by atomic mass is 10.1. The molecule has 0 atom stereocenters. The number of carbonyl (C=O) groups is 2. The van der Waals surface area contributed by atoms with Crippen LogP contribution in [0.3, 0.4) is 0 Å². The largest absolute Gasteiger partial charge is 0.491 e. The lowest BCUT2D eigenvalue weighted by molar-refractivity contribution is -0.137. The van der Waals surface area contributed by atoms with E-state index in [1.807, 2.05) is 13.8 Å². The monoisotopic (exact) mass is 497 g/mol. The molecule has 186 valence electrons. The van der Waals surface area contributed by atoms with Crippen molar-refractivity contribution >= 4 is 28.5 Å².